The van der Waals surface area contributed by atoms with Gasteiger partial charge in [0.25, 0.3) is 0 Å². The molecule has 0 radical (unpaired) electrons. The highest BCUT2D eigenvalue weighted by atomic mass is 16.5. The minimum atomic E-state index is 0.579. The minimum absolute atomic E-state index is 0.579. The van der Waals surface area contributed by atoms with Crippen LogP contribution >= 0.6 is 0 Å². The van der Waals surface area contributed by atoms with Gasteiger partial charge >= 0.3 is 0 Å². The van der Waals surface area contributed by atoms with Crippen molar-refractivity contribution in [2.45, 2.75) is 25.8 Å². The largest absolute Gasteiger partial charge is 0.491 e. The van der Waals surface area contributed by atoms with Gasteiger partial charge in [0.05, 0.1) is 12.2 Å². The van der Waals surface area contributed by atoms with E-state index in [0.29, 0.717) is 24.0 Å². The molecule has 0 aromatic heterocycles. The van der Waals surface area contributed by atoms with Crippen LogP contribution in [0.3, 0.4) is 0 Å². The van der Waals surface area contributed by atoms with Crippen LogP contribution in [0, 0.1) is 17.2 Å². The summed E-state index contributed by atoms with van der Waals surface area (Å²) in [7, 11) is 1.74. The Bertz CT molecular complexity index is 480. The summed E-state index contributed by atoms with van der Waals surface area (Å²) in [6, 6.07) is 10.1. The quantitative estimate of drug-likeness (QED) is 0.701. The molecule has 0 N–H and O–H groups in total. The van der Waals surface area contributed by atoms with Crippen molar-refractivity contribution in [3.05, 3.63) is 29.8 Å². The average Bonchev–Trinajstić information content (AvgIpc) is 3.35. The molecule has 1 atom stereocenters. The van der Waals surface area contributed by atoms with Crippen LogP contribution in [0.25, 0.3) is 0 Å². The lowest BCUT2D eigenvalue weighted by molar-refractivity contribution is 0.103. The van der Waals surface area contributed by atoms with Crippen molar-refractivity contribution >= 4 is 0 Å². The Balaban J connectivity index is 1.84. The fourth-order valence-corrected chi connectivity index (χ4v) is 2.56. The van der Waals surface area contributed by atoms with Crippen molar-refractivity contribution in [2.75, 3.05) is 33.4 Å². The van der Waals surface area contributed by atoms with Gasteiger partial charge < -0.3 is 9.47 Å². The van der Waals surface area contributed by atoms with Crippen LogP contribution < -0.4 is 4.74 Å². The molecule has 1 saturated carbocycles. The predicted molar refractivity (Wildman–Crippen MR) is 82.3 cm³/mol. The molecule has 0 amide bonds. The number of para-hydroxylation sites is 1. The normalized spacial score (nSPS) is 15.7. The van der Waals surface area contributed by atoms with E-state index in [4.69, 9.17) is 14.7 Å². The molecular formula is C17H24N2O2. The third-order valence-corrected chi connectivity index (χ3v) is 4.11. The highest BCUT2D eigenvalue weighted by Crippen LogP contribution is 2.35. The number of rotatable bonds is 9. The Morgan fingerprint density at radius 1 is 1.29 bits per heavy atom. The highest BCUT2D eigenvalue weighted by Gasteiger charge is 2.31. The summed E-state index contributed by atoms with van der Waals surface area (Å²) in [4.78, 5) is 2.43. The van der Waals surface area contributed by atoms with Crippen molar-refractivity contribution in [1.29, 1.82) is 5.26 Å². The Morgan fingerprint density at radius 2 is 2.00 bits per heavy atom. The van der Waals surface area contributed by atoms with Crippen molar-refractivity contribution in [2.24, 2.45) is 5.92 Å². The molecule has 0 spiro atoms. The van der Waals surface area contributed by atoms with Gasteiger partial charge in [-0.1, -0.05) is 12.1 Å². The maximum atomic E-state index is 9.06. The van der Waals surface area contributed by atoms with Crippen LogP contribution in [0.2, 0.25) is 0 Å². The molecule has 2 rings (SSSR count). The zero-order valence-corrected chi connectivity index (χ0v) is 12.9. The van der Waals surface area contributed by atoms with Gasteiger partial charge in [-0.2, -0.15) is 5.26 Å². The number of hydrogen-bond donors (Lipinski definition) is 0. The second-order valence-corrected chi connectivity index (χ2v) is 5.56. The summed E-state index contributed by atoms with van der Waals surface area (Å²) in [6.07, 6.45) is 2.67. The van der Waals surface area contributed by atoms with Crippen LogP contribution in [0.4, 0.5) is 0 Å². The zero-order chi connectivity index (χ0) is 15.1. The van der Waals surface area contributed by atoms with Gasteiger partial charge in [-0.3, -0.25) is 4.90 Å². The van der Waals surface area contributed by atoms with E-state index in [-0.39, 0.29) is 0 Å². The monoisotopic (exact) mass is 288 g/mol. The van der Waals surface area contributed by atoms with Crippen LogP contribution in [0.5, 0.6) is 5.75 Å². The van der Waals surface area contributed by atoms with Crippen molar-refractivity contribution in [3.63, 3.8) is 0 Å². The lowest BCUT2D eigenvalue weighted by atomic mass is 10.2. The first kappa shape index (κ1) is 15.8. The Labute approximate surface area is 127 Å². The second-order valence-electron chi connectivity index (χ2n) is 5.56. The van der Waals surface area contributed by atoms with E-state index >= 15 is 0 Å². The van der Waals surface area contributed by atoms with Gasteiger partial charge in [0.1, 0.15) is 18.4 Å². The molecule has 4 heteroatoms. The van der Waals surface area contributed by atoms with Crippen LogP contribution in [-0.2, 0) is 4.74 Å². The van der Waals surface area contributed by atoms with Crippen LogP contribution in [-0.4, -0.2) is 44.4 Å². The summed E-state index contributed by atoms with van der Waals surface area (Å²) in [5.41, 5.74) is 0.594. The molecule has 21 heavy (non-hydrogen) atoms. The van der Waals surface area contributed by atoms with Crippen LogP contribution in [0.1, 0.15) is 25.3 Å². The SMILES string of the molecule is COCCN(CCOc1ccccc1C#N)C(C)C1CC1. The maximum absolute atomic E-state index is 9.06. The molecule has 0 heterocycles. The van der Waals surface area contributed by atoms with E-state index < -0.39 is 0 Å². The Hall–Kier alpha value is -1.57. The number of methoxy groups -OCH3 is 1. The summed E-state index contributed by atoms with van der Waals surface area (Å²) >= 11 is 0. The molecule has 0 bridgehead atoms. The van der Waals surface area contributed by atoms with Crippen molar-refractivity contribution in [3.8, 4) is 11.8 Å². The molecule has 4 nitrogen and oxygen atoms in total. The van der Waals surface area contributed by atoms with Gasteiger partial charge in [-0.15, -0.1) is 0 Å². The lowest BCUT2D eigenvalue weighted by Gasteiger charge is -2.28. The third kappa shape index (κ3) is 4.73. The first-order valence-corrected chi connectivity index (χ1v) is 7.61. The molecule has 1 unspecified atom stereocenters. The van der Waals surface area contributed by atoms with E-state index in [1.54, 1.807) is 13.2 Å². The summed E-state index contributed by atoms with van der Waals surface area (Å²) < 4.78 is 11.0. The second kappa shape index (κ2) is 8.02. The standard InChI is InChI=1S/C17H24N2O2/c1-14(15-7-8-15)19(9-11-20-2)10-12-21-17-6-4-3-5-16(17)13-18/h3-6,14-15H,7-12H2,1-2H3. The van der Waals surface area contributed by atoms with Crippen molar-refractivity contribution < 1.29 is 9.47 Å². The Kier molecular flexibility index (Phi) is 6.04. The predicted octanol–water partition coefficient (Wildman–Crippen LogP) is 2.68. The van der Waals surface area contributed by atoms with Gasteiger partial charge in [0, 0.05) is 26.2 Å². The highest BCUT2D eigenvalue weighted by molar-refractivity contribution is 5.42. The fraction of sp³-hybridized carbons (Fsp3) is 0.588. The number of nitriles is 1. The summed E-state index contributed by atoms with van der Waals surface area (Å²) in [6.45, 7) is 5.42. The first-order chi connectivity index (χ1) is 10.3. The third-order valence-electron chi connectivity index (χ3n) is 4.11. The molecule has 1 fully saturated rings. The van der Waals surface area contributed by atoms with Crippen molar-refractivity contribution in [1.82, 2.24) is 4.90 Å². The van der Waals surface area contributed by atoms with Gasteiger partial charge in [0.2, 0.25) is 0 Å². The lowest BCUT2D eigenvalue weighted by Crippen LogP contribution is -2.39. The smallest absolute Gasteiger partial charge is 0.137 e. The number of benzene rings is 1. The van der Waals surface area contributed by atoms with E-state index in [9.17, 15) is 0 Å². The first-order valence-electron chi connectivity index (χ1n) is 7.61. The topological polar surface area (TPSA) is 45.5 Å². The van der Waals surface area contributed by atoms with E-state index in [1.165, 1.54) is 12.8 Å². The molecule has 1 aliphatic rings. The van der Waals surface area contributed by atoms with Gasteiger partial charge in [0.15, 0.2) is 0 Å². The zero-order valence-electron chi connectivity index (χ0n) is 12.9. The number of ether oxygens (including phenoxy) is 2. The van der Waals surface area contributed by atoms with Crippen LogP contribution in [0.15, 0.2) is 24.3 Å². The Morgan fingerprint density at radius 3 is 2.67 bits per heavy atom. The van der Waals surface area contributed by atoms with Gasteiger partial charge in [-0.25, -0.2) is 0 Å². The summed E-state index contributed by atoms with van der Waals surface area (Å²) in [5, 5.41) is 9.06. The van der Waals surface area contributed by atoms with E-state index in [0.717, 1.165) is 25.6 Å². The number of nitrogens with zero attached hydrogens (tertiary/aromatic N) is 2. The molecule has 0 saturated heterocycles. The molecule has 0 aliphatic heterocycles. The molecule has 1 aromatic rings. The molecule has 1 aliphatic carbocycles. The molecular weight excluding hydrogens is 264 g/mol. The van der Waals surface area contributed by atoms with Gasteiger partial charge in [-0.05, 0) is 37.8 Å². The van der Waals surface area contributed by atoms with E-state index in [2.05, 4.69) is 17.9 Å². The minimum Gasteiger partial charge on any atom is -0.491 e. The maximum Gasteiger partial charge on any atom is 0.137 e. The molecule has 1 aromatic carbocycles. The average molecular weight is 288 g/mol. The summed E-state index contributed by atoms with van der Waals surface area (Å²) in [5.74, 6) is 1.50. The fourth-order valence-electron chi connectivity index (χ4n) is 2.56. The molecule has 114 valence electrons. The van der Waals surface area contributed by atoms with E-state index in [1.807, 2.05) is 18.2 Å². The number of hydrogen-bond acceptors (Lipinski definition) is 4.